The smallest absolute Gasteiger partial charge is 0.225 e. The Kier molecular flexibility index (Phi) is 6.93. The second-order valence-corrected chi connectivity index (χ2v) is 4.96. The minimum absolute atomic E-state index is 0.0252. The molecule has 6 nitrogen and oxygen atoms in total. The van der Waals surface area contributed by atoms with Crippen molar-refractivity contribution in [2.75, 3.05) is 32.1 Å². The van der Waals surface area contributed by atoms with E-state index in [4.69, 9.17) is 0 Å². The third kappa shape index (κ3) is 5.13. The second-order valence-electron chi connectivity index (χ2n) is 4.96. The van der Waals surface area contributed by atoms with Crippen LogP contribution >= 0.6 is 0 Å². The van der Waals surface area contributed by atoms with Crippen molar-refractivity contribution in [2.45, 2.75) is 26.8 Å². The average Bonchev–Trinajstić information content (AvgIpc) is 2.47. The van der Waals surface area contributed by atoms with E-state index in [2.05, 4.69) is 27.5 Å². The molecule has 1 rings (SSSR count). The van der Waals surface area contributed by atoms with Crippen LogP contribution in [0, 0.1) is 5.92 Å². The quantitative estimate of drug-likeness (QED) is 0.689. The normalized spacial score (nSPS) is 12.0. The molecular formula is C14H25N5O. The standard InChI is InChI=1S/C14H25N5O/c1-5-6-16-7-12-8-17-14(18-9-12)19(4)10-11(2)13(20)15-3/h8-9,11,16H,5-7,10H2,1-4H3,(H,15,20). The predicted octanol–water partition coefficient (Wildman–Crippen LogP) is 0.795. The van der Waals surface area contributed by atoms with Crippen molar-refractivity contribution in [1.29, 1.82) is 0 Å². The van der Waals surface area contributed by atoms with Crippen molar-refractivity contribution < 1.29 is 4.79 Å². The van der Waals surface area contributed by atoms with Gasteiger partial charge in [-0.15, -0.1) is 0 Å². The molecule has 0 saturated heterocycles. The maximum Gasteiger partial charge on any atom is 0.225 e. The molecule has 2 N–H and O–H groups in total. The fourth-order valence-corrected chi connectivity index (χ4v) is 1.87. The number of rotatable bonds is 8. The van der Waals surface area contributed by atoms with Crippen LogP contribution in [0.15, 0.2) is 12.4 Å². The number of hydrogen-bond donors (Lipinski definition) is 2. The molecule has 0 fully saturated rings. The lowest BCUT2D eigenvalue weighted by atomic mass is 10.1. The zero-order valence-corrected chi connectivity index (χ0v) is 12.8. The summed E-state index contributed by atoms with van der Waals surface area (Å²) in [4.78, 5) is 22.1. The zero-order valence-electron chi connectivity index (χ0n) is 12.8. The fraction of sp³-hybridized carbons (Fsp3) is 0.643. The van der Waals surface area contributed by atoms with Gasteiger partial charge in [-0.1, -0.05) is 13.8 Å². The van der Waals surface area contributed by atoms with Gasteiger partial charge >= 0.3 is 0 Å². The van der Waals surface area contributed by atoms with Crippen molar-refractivity contribution in [2.24, 2.45) is 5.92 Å². The Morgan fingerprint density at radius 1 is 1.40 bits per heavy atom. The van der Waals surface area contributed by atoms with E-state index in [9.17, 15) is 4.79 Å². The zero-order chi connectivity index (χ0) is 15.0. The molecule has 0 spiro atoms. The first-order valence-corrected chi connectivity index (χ1v) is 7.02. The molecule has 1 atom stereocenters. The third-order valence-corrected chi connectivity index (χ3v) is 3.03. The molecule has 1 aromatic rings. The van der Waals surface area contributed by atoms with E-state index in [1.807, 2.05) is 31.3 Å². The van der Waals surface area contributed by atoms with Gasteiger partial charge in [0, 0.05) is 45.1 Å². The van der Waals surface area contributed by atoms with Crippen LogP contribution < -0.4 is 15.5 Å². The fourth-order valence-electron chi connectivity index (χ4n) is 1.87. The molecule has 0 aliphatic heterocycles. The van der Waals surface area contributed by atoms with Crippen molar-refractivity contribution in [3.63, 3.8) is 0 Å². The Morgan fingerprint density at radius 2 is 2.05 bits per heavy atom. The molecule has 1 unspecified atom stereocenters. The van der Waals surface area contributed by atoms with Gasteiger partial charge in [0.15, 0.2) is 0 Å². The molecule has 0 aliphatic carbocycles. The van der Waals surface area contributed by atoms with Gasteiger partial charge in [0.1, 0.15) is 0 Å². The lowest BCUT2D eigenvalue weighted by Crippen LogP contribution is -2.35. The van der Waals surface area contributed by atoms with Gasteiger partial charge in [-0.2, -0.15) is 0 Å². The maximum absolute atomic E-state index is 11.5. The summed E-state index contributed by atoms with van der Waals surface area (Å²) < 4.78 is 0. The first-order chi connectivity index (χ1) is 9.58. The third-order valence-electron chi connectivity index (χ3n) is 3.03. The van der Waals surface area contributed by atoms with E-state index in [1.54, 1.807) is 7.05 Å². The summed E-state index contributed by atoms with van der Waals surface area (Å²) in [5.41, 5.74) is 1.06. The van der Waals surface area contributed by atoms with E-state index < -0.39 is 0 Å². The molecule has 112 valence electrons. The molecule has 20 heavy (non-hydrogen) atoms. The number of carbonyl (C=O) groups is 1. The van der Waals surface area contributed by atoms with E-state index in [1.165, 1.54) is 0 Å². The summed E-state index contributed by atoms with van der Waals surface area (Å²) in [6.07, 6.45) is 4.76. The Morgan fingerprint density at radius 3 is 2.60 bits per heavy atom. The van der Waals surface area contributed by atoms with E-state index in [0.29, 0.717) is 12.5 Å². The summed E-state index contributed by atoms with van der Waals surface area (Å²) in [5, 5.41) is 5.95. The highest BCUT2D eigenvalue weighted by molar-refractivity contribution is 5.78. The van der Waals surface area contributed by atoms with Gasteiger partial charge in [-0.05, 0) is 13.0 Å². The molecule has 0 radical (unpaired) electrons. The van der Waals surface area contributed by atoms with Crippen molar-refractivity contribution >= 4 is 11.9 Å². The van der Waals surface area contributed by atoms with Gasteiger partial charge in [0.2, 0.25) is 11.9 Å². The highest BCUT2D eigenvalue weighted by atomic mass is 16.1. The van der Waals surface area contributed by atoms with Gasteiger partial charge in [0.05, 0.1) is 5.92 Å². The van der Waals surface area contributed by atoms with Crippen LogP contribution in [0.4, 0.5) is 5.95 Å². The van der Waals surface area contributed by atoms with Crippen molar-refractivity contribution in [3.8, 4) is 0 Å². The molecule has 1 amide bonds. The minimum atomic E-state index is -0.0977. The Labute approximate surface area is 121 Å². The van der Waals surface area contributed by atoms with Gasteiger partial charge in [-0.3, -0.25) is 4.79 Å². The molecule has 6 heteroatoms. The van der Waals surface area contributed by atoms with Crippen LogP contribution in [0.2, 0.25) is 0 Å². The Hall–Kier alpha value is -1.69. The summed E-state index contributed by atoms with van der Waals surface area (Å²) in [5.74, 6) is 0.566. The monoisotopic (exact) mass is 279 g/mol. The van der Waals surface area contributed by atoms with Crippen molar-refractivity contribution in [1.82, 2.24) is 20.6 Å². The van der Waals surface area contributed by atoms with Gasteiger partial charge < -0.3 is 15.5 Å². The lowest BCUT2D eigenvalue weighted by Gasteiger charge is -2.20. The number of nitrogens with one attached hydrogen (secondary N) is 2. The van der Waals surface area contributed by atoms with Crippen LogP contribution in [0.5, 0.6) is 0 Å². The molecule has 0 saturated carbocycles. The first-order valence-electron chi connectivity index (χ1n) is 7.02. The van der Waals surface area contributed by atoms with Crippen LogP contribution in [-0.2, 0) is 11.3 Å². The number of anilines is 1. The number of hydrogen-bond acceptors (Lipinski definition) is 5. The van der Waals surface area contributed by atoms with Crippen LogP contribution in [0.25, 0.3) is 0 Å². The van der Waals surface area contributed by atoms with E-state index >= 15 is 0 Å². The highest BCUT2D eigenvalue weighted by Gasteiger charge is 2.15. The molecule has 0 bridgehead atoms. The average molecular weight is 279 g/mol. The minimum Gasteiger partial charge on any atom is -0.359 e. The van der Waals surface area contributed by atoms with Crippen LogP contribution in [0.1, 0.15) is 25.8 Å². The molecule has 0 aliphatic rings. The first kappa shape index (κ1) is 16.4. The molecular weight excluding hydrogens is 254 g/mol. The highest BCUT2D eigenvalue weighted by Crippen LogP contribution is 2.08. The van der Waals surface area contributed by atoms with Gasteiger partial charge in [-0.25, -0.2) is 9.97 Å². The SMILES string of the molecule is CCCNCc1cnc(N(C)CC(C)C(=O)NC)nc1. The maximum atomic E-state index is 11.5. The van der Waals surface area contributed by atoms with Crippen molar-refractivity contribution in [3.05, 3.63) is 18.0 Å². The van der Waals surface area contributed by atoms with E-state index in [-0.39, 0.29) is 11.8 Å². The van der Waals surface area contributed by atoms with E-state index in [0.717, 1.165) is 25.1 Å². The Bertz CT molecular complexity index is 407. The summed E-state index contributed by atoms with van der Waals surface area (Å²) in [7, 11) is 3.54. The lowest BCUT2D eigenvalue weighted by molar-refractivity contribution is -0.123. The molecule has 1 aromatic heterocycles. The molecule has 1 heterocycles. The second kappa shape index (κ2) is 8.47. The number of carbonyl (C=O) groups excluding carboxylic acids is 1. The number of aromatic nitrogens is 2. The molecule has 0 aromatic carbocycles. The summed E-state index contributed by atoms with van der Waals surface area (Å²) in [6.45, 7) is 6.39. The Balaban J connectivity index is 2.52. The summed E-state index contributed by atoms with van der Waals surface area (Å²) in [6, 6.07) is 0. The summed E-state index contributed by atoms with van der Waals surface area (Å²) >= 11 is 0. The number of amides is 1. The number of nitrogens with zero attached hydrogens (tertiary/aromatic N) is 3. The predicted molar refractivity (Wildman–Crippen MR) is 80.5 cm³/mol. The van der Waals surface area contributed by atoms with Gasteiger partial charge in [0.25, 0.3) is 0 Å². The van der Waals surface area contributed by atoms with Crippen LogP contribution in [-0.4, -0.2) is 43.1 Å². The van der Waals surface area contributed by atoms with Crippen LogP contribution in [0.3, 0.4) is 0 Å². The topological polar surface area (TPSA) is 70.2 Å². The largest absolute Gasteiger partial charge is 0.359 e.